The van der Waals surface area contributed by atoms with E-state index in [0.29, 0.717) is 22.5 Å². The number of amides is 2. The lowest BCUT2D eigenvalue weighted by Crippen LogP contribution is -2.29. The molecule has 0 bridgehead atoms. The van der Waals surface area contributed by atoms with Crippen LogP contribution in [0.2, 0.25) is 0 Å². The van der Waals surface area contributed by atoms with Gasteiger partial charge in [0, 0.05) is 25.5 Å². The number of imide groups is 1. The van der Waals surface area contributed by atoms with Gasteiger partial charge in [-0.05, 0) is 36.4 Å². The van der Waals surface area contributed by atoms with Crippen molar-refractivity contribution in [2.24, 2.45) is 0 Å². The molecule has 0 saturated carbocycles. The van der Waals surface area contributed by atoms with Crippen molar-refractivity contribution in [3.8, 4) is 0 Å². The molecular weight excluding hydrogens is 266 g/mol. The van der Waals surface area contributed by atoms with Crippen LogP contribution in [0.4, 0.5) is 17.1 Å². The lowest BCUT2D eigenvalue weighted by Gasteiger charge is -2.18. The predicted molar refractivity (Wildman–Crippen MR) is 82.8 cm³/mol. The molecule has 2 amide bonds. The monoisotopic (exact) mass is 281 g/mol. The predicted octanol–water partition coefficient (Wildman–Crippen LogP) is 2.14. The van der Waals surface area contributed by atoms with Crippen molar-refractivity contribution < 1.29 is 9.59 Å². The molecule has 0 radical (unpaired) electrons. The van der Waals surface area contributed by atoms with E-state index in [2.05, 4.69) is 0 Å². The summed E-state index contributed by atoms with van der Waals surface area (Å²) in [6, 6.07) is 12.1. The zero-order chi connectivity index (χ0) is 15.1. The largest absolute Gasteiger partial charge is 0.399 e. The maximum absolute atomic E-state index is 12.5. The summed E-state index contributed by atoms with van der Waals surface area (Å²) in [5, 5.41) is 0. The zero-order valence-corrected chi connectivity index (χ0v) is 11.8. The van der Waals surface area contributed by atoms with Gasteiger partial charge in [0.2, 0.25) is 0 Å². The van der Waals surface area contributed by atoms with Gasteiger partial charge in [0.05, 0.1) is 16.8 Å². The van der Waals surface area contributed by atoms with Crippen LogP contribution in [-0.2, 0) is 0 Å². The van der Waals surface area contributed by atoms with Gasteiger partial charge in [-0.15, -0.1) is 0 Å². The molecule has 1 aliphatic heterocycles. The third kappa shape index (κ3) is 2.03. The highest BCUT2D eigenvalue weighted by Crippen LogP contribution is 2.31. The second-order valence-corrected chi connectivity index (χ2v) is 5.17. The molecule has 0 unspecified atom stereocenters. The van der Waals surface area contributed by atoms with Crippen molar-refractivity contribution >= 4 is 28.9 Å². The number of nitrogen functional groups attached to an aromatic ring is 1. The average Bonchev–Trinajstić information content (AvgIpc) is 2.70. The Morgan fingerprint density at radius 2 is 1.67 bits per heavy atom. The third-order valence-electron chi connectivity index (χ3n) is 3.51. The molecule has 0 aliphatic carbocycles. The quantitative estimate of drug-likeness (QED) is 0.676. The fourth-order valence-electron chi connectivity index (χ4n) is 2.40. The Hall–Kier alpha value is -2.82. The lowest BCUT2D eigenvalue weighted by atomic mass is 10.1. The molecule has 0 saturated heterocycles. The van der Waals surface area contributed by atoms with Crippen LogP contribution >= 0.6 is 0 Å². The van der Waals surface area contributed by atoms with Gasteiger partial charge < -0.3 is 10.6 Å². The maximum Gasteiger partial charge on any atom is 0.266 e. The first-order valence-corrected chi connectivity index (χ1v) is 6.55. The van der Waals surface area contributed by atoms with E-state index in [9.17, 15) is 9.59 Å². The summed E-state index contributed by atoms with van der Waals surface area (Å²) in [7, 11) is 3.81. The van der Waals surface area contributed by atoms with Crippen LogP contribution in [0.1, 0.15) is 20.7 Å². The topological polar surface area (TPSA) is 66.6 Å². The zero-order valence-electron chi connectivity index (χ0n) is 11.8. The molecular formula is C16H15N3O2. The second-order valence-electron chi connectivity index (χ2n) is 5.17. The third-order valence-corrected chi connectivity index (χ3v) is 3.51. The van der Waals surface area contributed by atoms with Crippen molar-refractivity contribution in [3.63, 3.8) is 0 Å². The Kier molecular flexibility index (Phi) is 2.90. The van der Waals surface area contributed by atoms with E-state index in [4.69, 9.17) is 5.73 Å². The number of anilines is 3. The van der Waals surface area contributed by atoms with E-state index in [-0.39, 0.29) is 11.8 Å². The van der Waals surface area contributed by atoms with Crippen molar-refractivity contribution in [2.45, 2.75) is 0 Å². The van der Waals surface area contributed by atoms with Gasteiger partial charge in [-0.2, -0.15) is 0 Å². The summed E-state index contributed by atoms with van der Waals surface area (Å²) < 4.78 is 0. The molecule has 106 valence electrons. The van der Waals surface area contributed by atoms with Crippen molar-refractivity contribution in [3.05, 3.63) is 53.6 Å². The number of nitrogens with two attached hydrogens (primary N) is 1. The van der Waals surface area contributed by atoms with Crippen LogP contribution in [0.3, 0.4) is 0 Å². The van der Waals surface area contributed by atoms with Gasteiger partial charge in [0.25, 0.3) is 11.8 Å². The average molecular weight is 281 g/mol. The number of hydrogen-bond donors (Lipinski definition) is 1. The van der Waals surface area contributed by atoms with Gasteiger partial charge in [0.15, 0.2) is 0 Å². The Labute approximate surface area is 122 Å². The summed E-state index contributed by atoms with van der Waals surface area (Å²) >= 11 is 0. The summed E-state index contributed by atoms with van der Waals surface area (Å²) in [6.07, 6.45) is 0. The van der Waals surface area contributed by atoms with Crippen molar-refractivity contribution in [2.75, 3.05) is 29.6 Å². The molecule has 5 nitrogen and oxygen atoms in total. The first kappa shape index (κ1) is 13.2. The Morgan fingerprint density at radius 3 is 2.38 bits per heavy atom. The number of fused-ring (bicyclic) bond motifs is 1. The standard InChI is InChI=1S/C16H15N3O2/c1-18(2)11-4-3-5-12(9-11)19-15(20)13-7-6-10(17)8-14(13)16(19)21/h3-9H,17H2,1-2H3. The number of carbonyl (C=O) groups excluding carboxylic acids is 2. The molecule has 5 heteroatoms. The lowest BCUT2D eigenvalue weighted by molar-refractivity contribution is 0.0926. The number of nitrogens with zero attached hydrogens (tertiary/aromatic N) is 2. The number of hydrogen-bond acceptors (Lipinski definition) is 4. The minimum Gasteiger partial charge on any atom is -0.399 e. The molecule has 0 fully saturated rings. The van der Waals surface area contributed by atoms with Gasteiger partial charge >= 0.3 is 0 Å². The smallest absolute Gasteiger partial charge is 0.266 e. The molecule has 3 rings (SSSR count). The van der Waals surface area contributed by atoms with E-state index in [1.165, 1.54) is 4.90 Å². The molecule has 0 spiro atoms. The molecule has 2 aromatic carbocycles. The fraction of sp³-hybridized carbons (Fsp3) is 0.125. The number of rotatable bonds is 2. The van der Waals surface area contributed by atoms with Crippen molar-refractivity contribution in [1.82, 2.24) is 0 Å². The molecule has 21 heavy (non-hydrogen) atoms. The van der Waals surface area contributed by atoms with Crippen LogP contribution in [0, 0.1) is 0 Å². The minimum atomic E-state index is -0.335. The van der Waals surface area contributed by atoms with Crippen LogP contribution < -0.4 is 15.5 Å². The molecule has 2 N–H and O–H groups in total. The molecule has 0 aromatic heterocycles. The van der Waals surface area contributed by atoms with Gasteiger partial charge in [0.1, 0.15) is 0 Å². The fourth-order valence-corrected chi connectivity index (χ4v) is 2.40. The molecule has 1 aliphatic rings. The minimum absolute atomic E-state index is 0.314. The van der Waals surface area contributed by atoms with E-state index in [0.717, 1.165) is 5.69 Å². The summed E-state index contributed by atoms with van der Waals surface area (Å²) in [5.74, 6) is -0.649. The van der Waals surface area contributed by atoms with Crippen LogP contribution in [0.5, 0.6) is 0 Å². The molecule has 0 atom stereocenters. The first-order chi connectivity index (χ1) is 9.99. The highest BCUT2D eigenvalue weighted by atomic mass is 16.2. The van der Waals surface area contributed by atoms with E-state index >= 15 is 0 Å². The van der Waals surface area contributed by atoms with E-state index < -0.39 is 0 Å². The summed E-state index contributed by atoms with van der Waals surface area (Å²) in [4.78, 5) is 28.0. The highest BCUT2D eigenvalue weighted by Gasteiger charge is 2.36. The van der Waals surface area contributed by atoms with Gasteiger partial charge in [-0.3, -0.25) is 9.59 Å². The van der Waals surface area contributed by atoms with Gasteiger partial charge in [-0.25, -0.2) is 4.90 Å². The normalized spacial score (nSPS) is 13.5. The second kappa shape index (κ2) is 4.63. The van der Waals surface area contributed by atoms with E-state index in [1.807, 2.05) is 37.2 Å². The SMILES string of the molecule is CN(C)c1cccc(N2C(=O)c3ccc(N)cc3C2=O)c1. The number of benzene rings is 2. The van der Waals surface area contributed by atoms with Crippen molar-refractivity contribution in [1.29, 1.82) is 0 Å². The van der Waals surface area contributed by atoms with Crippen LogP contribution in [-0.4, -0.2) is 25.9 Å². The summed E-state index contributed by atoms with van der Waals surface area (Å²) in [5.41, 5.74) is 8.40. The number of carbonyl (C=O) groups is 2. The first-order valence-electron chi connectivity index (χ1n) is 6.55. The van der Waals surface area contributed by atoms with E-state index in [1.54, 1.807) is 24.3 Å². The molecule has 1 heterocycles. The Bertz CT molecular complexity index is 753. The highest BCUT2D eigenvalue weighted by molar-refractivity contribution is 6.34. The Morgan fingerprint density at radius 1 is 0.952 bits per heavy atom. The van der Waals surface area contributed by atoms with Crippen LogP contribution in [0.15, 0.2) is 42.5 Å². The van der Waals surface area contributed by atoms with Gasteiger partial charge in [-0.1, -0.05) is 6.07 Å². The Balaban J connectivity index is 2.07. The van der Waals surface area contributed by atoms with Crippen LogP contribution in [0.25, 0.3) is 0 Å². The summed E-state index contributed by atoms with van der Waals surface area (Å²) in [6.45, 7) is 0. The molecule has 2 aromatic rings. The maximum atomic E-state index is 12.5.